The van der Waals surface area contributed by atoms with Crippen LogP contribution >= 0.6 is 0 Å². The van der Waals surface area contributed by atoms with E-state index in [4.69, 9.17) is 4.74 Å². The molecule has 7 heteroatoms. The van der Waals surface area contributed by atoms with E-state index in [0.29, 0.717) is 5.75 Å². The van der Waals surface area contributed by atoms with E-state index < -0.39 is 10.0 Å². The average Bonchev–Trinajstić information content (AvgIpc) is 2.62. The van der Waals surface area contributed by atoms with Crippen molar-refractivity contribution in [2.24, 2.45) is 0 Å². The van der Waals surface area contributed by atoms with Crippen LogP contribution in [-0.4, -0.2) is 28.0 Å². The molecule has 0 heterocycles. The van der Waals surface area contributed by atoms with Gasteiger partial charge in [-0.1, -0.05) is 25.1 Å². The highest BCUT2D eigenvalue weighted by Crippen LogP contribution is 2.16. The Morgan fingerprint density at radius 1 is 1.08 bits per heavy atom. The van der Waals surface area contributed by atoms with Crippen LogP contribution in [0.3, 0.4) is 0 Å². The highest BCUT2D eigenvalue weighted by molar-refractivity contribution is 7.89. The molecule has 25 heavy (non-hydrogen) atoms. The van der Waals surface area contributed by atoms with Crippen LogP contribution in [0, 0.1) is 0 Å². The van der Waals surface area contributed by atoms with Crippen molar-refractivity contribution in [3.63, 3.8) is 0 Å². The van der Waals surface area contributed by atoms with Crippen LogP contribution in [0.4, 0.5) is 5.69 Å². The molecule has 0 saturated carbocycles. The van der Waals surface area contributed by atoms with E-state index in [9.17, 15) is 13.2 Å². The fourth-order valence-electron chi connectivity index (χ4n) is 2.30. The lowest BCUT2D eigenvalue weighted by Crippen LogP contribution is -2.28. The monoisotopic (exact) mass is 362 g/mol. The maximum atomic E-state index is 12.2. The third-order valence-corrected chi connectivity index (χ3v) is 5.16. The topological polar surface area (TPSA) is 84.5 Å². The zero-order chi connectivity index (χ0) is 18.3. The number of carbonyl (C=O) groups excluding carboxylic acids is 1. The van der Waals surface area contributed by atoms with Gasteiger partial charge in [-0.3, -0.25) is 4.79 Å². The summed E-state index contributed by atoms with van der Waals surface area (Å²) in [6, 6.07) is 13.6. The van der Waals surface area contributed by atoms with Gasteiger partial charge in [-0.2, -0.15) is 0 Å². The van der Waals surface area contributed by atoms with E-state index in [1.54, 1.807) is 12.1 Å². The van der Waals surface area contributed by atoms with Crippen molar-refractivity contribution >= 4 is 21.6 Å². The summed E-state index contributed by atoms with van der Waals surface area (Å²) in [5.74, 6) is 0.339. The van der Waals surface area contributed by atoms with Gasteiger partial charge in [0.25, 0.3) is 0 Å². The Hall–Kier alpha value is -2.38. The number of sulfonamides is 1. The minimum absolute atomic E-state index is 0.0223. The van der Waals surface area contributed by atoms with Crippen molar-refractivity contribution in [1.29, 1.82) is 0 Å². The Bertz CT molecular complexity index is 817. The van der Waals surface area contributed by atoms with Gasteiger partial charge in [-0.25, -0.2) is 13.1 Å². The van der Waals surface area contributed by atoms with Crippen LogP contribution in [0.2, 0.25) is 0 Å². The lowest BCUT2D eigenvalue weighted by atomic mass is 10.1. The SMILES string of the molecule is CCc1ccccc1NC(=O)CCNS(=O)(=O)c1ccc(OC)cc1. The summed E-state index contributed by atoms with van der Waals surface area (Å²) in [6.45, 7) is 2.03. The van der Waals surface area contributed by atoms with Crippen molar-refractivity contribution in [3.05, 3.63) is 54.1 Å². The molecule has 0 unspecified atom stereocenters. The maximum Gasteiger partial charge on any atom is 0.240 e. The Labute approximate surface area is 148 Å². The van der Waals surface area contributed by atoms with Gasteiger partial charge >= 0.3 is 0 Å². The van der Waals surface area contributed by atoms with Crippen molar-refractivity contribution in [1.82, 2.24) is 4.72 Å². The van der Waals surface area contributed by atoms with Crippen LogP contribution in [0.15, 0.2) is 53.4 Å². The first-order valence-corrected chi connectivity index (χ1v) is 9.46. The smallest absolute Gasteiger partial charge is 0.240 e. The van der Waals surface area contributed by atoms with Gasteiger partial charge in [-0.05, 0) is 42.3 Å². The molecule has 0 spiro atoms. The van der Waals surface area contributed by atoms with E-state index in [2.05, 4.69) is 10.0 Å². The number of hydrogen-bond donors (Lipinski definition) is 2. The number of ether oxygens (including phenoxy) is 1. The fraction of sp³-hybridized carbons (Fsp3) is 0.278. The number of aryl methyl sites for hydroxylation is 1. The second kappa shape index (κ2) is 8.64. The summed E-state index contributed by atoms with van der Waals surface area (Å²) in [5.41, 5.74) is 1.79. The first-order valence-electron chi connectivity index (χ1n) is 7.97. The minimum atomic E-state index is -3.65. The lowest BCUT2D eigenvalue weighted by Gasteiger charge is -2.10. The number of carbonyl (C=O) groups is 1. The first-order chi connectivity index (χ1) is 12.0. The Kier molecular flexibility index (Phi) is 6.55. The molecule has 0 fully saturated rings. The number of para-hydroxylation sites is 1. The summed E-state index contributed by atoms with van der Waals surface area (Å²) in [6.07, 6.45) is 0.855. The number of methoxy groups -OCH3 is 1. The van der Waals surface area contributed by atoms with Gasteiger partial charge in [0.2, 0.25) is 15.9 Å². The molecular weight excluding hydrogens is 340 g/mol. The van der Waals surface area contributed by atoms with Crippen molar-refractivity contribution in [3.8, 4) is 5.75 Å². The number of hydrogen-bond acceptors (Lipinski definition) is 4. The summed E-state index contributed by atoms with van der Waals surface area (Å²) < 4.78 is 31.8. The number of rotatable bonds is 8. The summed E-state index contributed by atoms with van der Waals surface area (Å²) >= 11 is 0. The molecule has 0 aliphatic heterocycles. The second-order valence-electron chi connectivity index (χ2n) is 5.38. The lowest BCUT2D eigenvalue weighted by molar-refractivity contribution is -0.116. The van der Waals surface area contributed by atoms with Crippen molar-refractivity contribution < 1.29 is 17.9 Å². The fourth-order valence-corrected chi connectivity index (χ4v) is 3.33. The predicted molar refractivity (Wildman–Crippen MR) is 97.2 cm³/mol. The minimum Gasteiger partial charge on any atom is -0.497 e. The molecule has 0 aromatic heterocycles. The number of amides is 1. The van der Waals surface area contributed by atoms with Gasteiger partial charge in [0.15, 0.2) is 0 Å². The van der Waals surface area contributed by atoms with Crippen LogP contribution in [0.5, 0.6) is 5.75 Å². The predicted octanol–water partition coefficient (Wildman–Crippen LogP) is 2.56. The molecule has 0 bridgehead atoms. The number of benzene rings is 2. The van der Waals surface area contributed by atoms with Crippen LogP contribution in [0.1, 0.15) is 18.9 Å². The summed E-state index contributed by atoms with van der Waals surface area (Å²) in [7, 11) is -2.14. The molecule has 0 aliphatic rings. The molecule has 2 aromatic rings. The molecule has 2 aromatic carbocycles. The van der Waals surface area contributed by atoms with Gasteiger partial charge in [-0.15, -0.1) is 0 Å². The van der Waals surface area contributed by atoms with E-state index in [0.717, 1.165) is 17.7 Å². The average molecular weight is 362 g/mol. The summed E-state index contributed by atoms with van der Waals surface area (Å²) in [5, 5.41) is 2.81. The molecule has 2 N–H and O–H groups in total. The van der Waals surface area contributed by atoms with Crippen LogP contribution in [0.25, 0.3) is 0 Å². The maximum absolute atomic E-state index is 12.2. The normalized spacial score (nSPS) is 11.1. The van der Waals surface area contributed by atoms with Crippen LogP contribution < -0.4 is 14.8 Å². The third-order valence-electron chi connectivity index (χ3n) is 3.69. The van der Waals surface area contributed by atoms with Gasteiger partial charge in [0.1, 0.15) is 5.75 Å². The first kappa shape index (κ1) is 19.0. The number of nitrogens with one attached hydrogen (secondary N) is 2. The zero-order valence-corrected chi connectivity index (χ0v) is 15.1. The molecule has 0 atom stereocenters. The van der Waals surface area contributed by atoms with E-state index in [1.165, 1.54) is 19.2 Å². The standard InChI is InChI=1S/C18H22N2O4S/c1-3-14-6-4-5-7-17(14)20-18(21)12-13-19-25(22,23)16-10-8-15(24-2)9-11-16/h4-11,19H,3,12-13H2,1-2H3,(H,20,21). The quantitative estimate of drug-likeness (QED) is 0.756. The van der Waals surface area contributed by atoms with Gasteiger partial charge in [0.05, 0.1) is 12.0 Å². The molecule has 6 nitrogen and oxygen atoms in total. The van der Waals surface area contributed by atoms with Gasteiger partial charge in [0, 0.05) is 18.7 Å². The van der Waals surface area contributed by atoms with E-state index in [1.807, 2.05) is 31.2 Å². The molecular formula is C18H22N2O4S. The summed E-state index contributed by atoms with van der Waals surface area (Å²) in [4.78, 5) is 12.2. The highest BCUT2D eigenvalue weighted by Gasteiger charge is 2.14. The van der Waals surface area contributed by atoms with Gasteiger partial charge < -0.3 is 10.1 Å². The largest absolute Gasteiger partial charge is 0.497 e. The molecule has 1 amide bonds. The second-order valence-corrected chi connectivity index (χ2v) is 7.15. The Morgan fingerprint density at radius 3 is 2.40 bits per heavy atom. The van der Waals surface area contributed by atoms with Crippen LogP contribution in [-0.2, 0) is 21.2 Å². The van der Waals surface area contributed by atoms with Crippen molar-refractivity contribution in [2.75, 3.05) is 19.0 Å². The van der Waals surface area contributed by atoms with Crippen molar-refractivity contribution in [2.45, 2.75) is 24.7 Å². The van der Waals surface area contributed by atoms with E-state index in [-0.39, 0.29) is 23.8 Å². The molecule has 134 valence electrons. The third kappa shape index (κ3) is 5.30. The highest BCUT2D eigenvalue weighted by atomic mass is 32.2. The Balaban J connectivity index is 1.89. The Morgan fingerprint density at radius 2 is 1.76 bits per heavy atom. The van der Waals surface area contributed by atoms with E-state index >= 15 is 0 Å². The molecule has 0 aliphatic carbocycles. The zero-order valence-electron chi connectivity index (χ0n) is 14.3. The molecule has 0 radical (unpaired) electrons. The molecule has 0 saturated heterocycles. The molecule has 2 rings (SSSR count). The number of anilines is 1.